The minimum absolute atomic E-state index is 0.0374. The standard InChI is InChI=1S/C22H31NO4S/c1-5-16-23-28(24,25)22(3,4)19-11-13-20(14-12-19)26-17-15-18(2)27-21-9-7-6-8-10-21/h6-14,18,23H,5,15-17H2,1-4H3. The summed E-state index contributed by atoms with van der Waals surface area (Å²) in [6.07, 6.45) is 1.54. The molecular formula is C22H31NO4S. The first-order valence-electron chi connectivity index (χ1n) is 9.70. The third-order valence-electron chi connectivity index (χ3n) is 4.64. The van der Waals surface area contributed by atoms with Gasteiger partial charge in [0.2, 0.25) is 10.0 Å². The predicted octanol–water partition coefficient (Wildman–Crippen LogP) is 4.49. The van der Waals surface area contributed by atoms with E-state index < -0.39 is 14.8 Å². The summed E-state index contributed by atoms with van der Waals surface area (Å²) in [5.74, 6) is 1.56. The molecule has 0 spiro atoms. The van der Waals surface area contributed by atoms with Crippen LogP contribution in [-0.4, -0.2) is 27.7 Å². The molecule has 0 radical (unpaired) electrons. The van der Waals surface area contributed by atoms with Gasteiger partial charge in [-0.15, -0.1) is 0 Å². The second kappa shape index (κ2) is 9.94. The molecular weight excluding hydrogens is 374 g/mol. The summed E-state index contributed by atoms with van der Waals surface area (Å²) in [4.78, 5) is 0. The molecule has 6 heteroatoms. The van der Waals surface area contributed by atoms with Crippen LogP contribution in [0.25, 0.3) is 0 Å². The third kappa shape index (κ3) is 5.97. The van der Waals surface area contributed by atoms with Crippen molar-refractivity contribution < 1.29 is 17.9 Å². The number of hydrogen-bond acceptors (Lipinski definition) is 4. The first-order valence-corrected chi connectivity index (χ1v) is 11.2. The Bertz CT molecular complexity index is 817. The van der Waals surface area contributed by atoms with Crippen LogP contribution in [0.15, 0.2) is 54.6 Å². The highest BCUT2D eigenvalue weighted by Crippen LogP contribution is 2.30. The Balaban J connectivity index is 1.88. The Kier molecular flexibility index (Phi) is 7.89. The summed E-state index contributed by atoms with van der Waals surface area (Å²) in [7, 11) is -3.45. The molecule has 0 bridgehead atoms. The van der Waals surface area contributed by atoms with Crippen LogP contribution in [0.2, 0.25) is 0 Å². The number of hydrogen-bond donors (Lipinski definition) is 1. The summed E-state index contributed by atoms with van der Waals surface area (Å²) >= 11 is 0. The maximum atomic E-state index is 12.5. The van der Waals surface area contributed by atoms with Crippen LogP contribution < -0.4 is 14.2 Å². The number of benzene rings is 2. The van der Waals surface area contributed by atoms with Crippen LogP contribution in [0.3, 0.4) is 0 Å². The average Bonchev–Trinajstić information content (AvgIpc) is 2.67. The van der Waals surface area contributed by atoms with Crippen molar-refractivity contribution in [3.8, 4) is 11.5 Å². The van der Waals surface area contributed by atoms with Gasteiger partial charge in [0, 0.05) is 13.0 Å². The van der Waals surface area contributed by atoms with E-state index >= 15 is 0 Å². The fourth-order valence-electron chi connectivity index (χ4n) is 2.66. The molecule has 0 aliphatic rings. The summed E-state index contributed by atoms with van der Waals surface area (Å²) in [6.45, 7) is 8.33. The average molecular weight is 406 g/mol. The van der Waals surface area contributed by atoms with E-state index in [0.717, 1.165) is 24.2 Å². The monoisotopic (exact) mass is 405 g/mol. The van der Waals surface area contributed by atoms with Crippen molar-refractivity contribution in [2.75, 3.05) is 13.2 Å². The van der Waals surface area contributed by atoms with Gasteiger partial charge in [-0.05, 0) is 57.0 Å². The smallest absolute Gasteiger partial charge is 0.221 e. The van der Waals surface area contributed by atoms with Crippen molar-refractivity contribution in [1.29, 1.82) is 0 Å². The van der Waals surface area contributed by atoms with Crippen molar-refractivity contribution in [3.63, 3.8) is 0 Å². The largest absolute Gasteiger partial charge is 0.493 e. The van der Waals surface area contributed by atoms with E-state index in [1.54, 1.807) is 13.8 Å². The molecule has 1 unspecified atom stereocenters. The van der Waals surface area contributed by atoms with Crippen molar-refractivity contribution in [3.05, 3.63) is 60.2 Å². The number of para-hydroxylation sites is 1. The lowest BCUT2D eigenvalue weighted by molar-refractivity contribution is 0.177. The molecule has 1 N–H and O–H groups in total. The molecule has 154 valence electrons. The second-order valence-corrected chi connectivity index (χ2v) is 9.63. The highest BCUT2D eigenvalue weighted by atomic mass is 32.2. The molecule has 2 rings (SSSR count). The molecule has 5 nitrogen and oxygen atoms in total. The van der Waals surface area contributed by atoms with Gasteiger partial charge in [0.25, 0.3) is 0 Å². The summed E-state index contributed by atoms with van der Waals surface area (Å²) in [5, 5.41) is 0. The second-order valence-electron chi connectivity index (χ2n) is 7.31. The van der Waals surface area contributed by atoms with Crippen LogP contribution in [0, 0.1) is 0 Å². The van der Waals surface area contributed by atoms with Crippen molar-refractivity contribution in [2.24, 2.45) is 0 Å². The maximum absolute atomic E-state index is 12.5. The highest BCUT2D eigenvalue weighted by molar-refractivity contribution is 7.90. The summed E-state index contributed by atoms with van der Waals surface area (Å²) in [5.41, 5.74) is 0.726. The fourth-order valence-corrected chi connectivity index (χ4v) is 3.94. The van der Waals surface area contributed by atoms with Gasteiger partial charge in [-0.25, -0.2) is 13.1 Å². The molecule has 0 fully saturated rings. The molecule has 28 heavy (non-hydrogen) atoms. The van der Waals surface area contributed by atoms with Gasteiger partial charge in [0.1, 0.15) is 16.2 Å². The Morgan fingerprint density at radius 1 is 1.00 bits per heavy atom. The van der Waals surface area contributed by atoms with Gasteiger partial charge in [-0.3, -0.25) is 0 Å². The molecule has 0 saturated heterocycles. The molecule has 0 aromatic heterocycles. The molecule has 0 aliphatic carbocycles. The molecule has 0 amide bonds. The number of ether oxygens (including phenoxy) is 2. The molecule has 1 atom stereocenters. The Morgan fingerprint density at radius 2 is 1.64 bits per heavy atom. The van der Waals surface area contributed by atoms with E-state index in [-0.39, 0.29) is 6.10 Å². The van der Waals surface area contributed by atoms with E-state index in [1.807, 2.05) is 68.4 Å². The molecule has 0 aliphatic heterocycles. The lowest BCUT2D eigenvalue weighted by Gasteiger charge is -2.25. The normalized spacial score (nSPS) is 13.1. The first-order chi connectivity index (χ1) is 13.3. The van der Waals surface area contributed by atoms with Crippen molar-refractivity contribution in [2.45, 2.75) is 51.4 Å². The van der Waals surface area contributed by atoms with Crippen LogP contribution in [-0.2, 0) is 14.8 Å². The lowest BCUT2D eigenvalue weighted by Crippen LogP contribution is -2.39. The highest BCUT2D eigenvalue weighted by Gasteiger charge is 2.35. The molecule has 2 aromatic carbocycles. The zero-order valence-electron chi connectivity index (χ0n) is 17.1. The van der Waals surface area contributed by atoms with Gasteiger partial charge < -0.3 is 9.47 Å². The topological polar surface area (TPSA) is 64.6 Å². The zero-order valence-corrected chi connectivity index (χ0v) is 18.0. The number of sulfonamides is 1. The van der Waals surface area contributed by atoms with Crippen molar-refractivity contribution >= 4 is 10.0 Å². The molecule has 0 heterocycles. The van der Waals surface area contributed by atoms with Crippen LogP contribution in [0.5, 0.6) is 11.5 Å². The summed E-state index contributed by atoms with van der Waals surface area (Å²) < 4.78 is 38.3. The van der Waals surface area contributed by atoms with Crippen LogP contribution >= 0.6 is 0 Å². The minimum Gasteiger partial charge on any atom is -0.493 e. The Hall–Kier alpha value is -2.05. The van der Waals surface area contributed by atoms with E-state index in [4.69, 9.17) is 9.47 Å². The maximum Gasteiger partial charge on any atom is 0.221 e. The molecule has 0 saturated carbocycles. The minimum atomic E-state index is -3.45. The zero-order chi connectivity index (χ0) is 20.6. The Labute approximate surface area is 169 Å². The third-order valence-corrected chi connectivity index (χ3v) is 6.80. The SMILES string of the molecule is CCCNS(=O)(=O)C(C)(C)c1ccc(OCCC(C)Oc2ccccc2)cc1. The predicted molar refractivity (Wildman–Crippen MR) is 113 cm³/mol. The van der Waals surface area contributed by atoms with Gasteiger partial charge in [-0.1, -0.05) is 37.3 Å². The summed E-state index contributed by atoms with van der Waals surface area (Å²) in [6, 6.07) is 17.0. The van der Waals surface area contributed by atoms with Crippen LogP contribution in [0.1, 0.15) is 46.1 Å². The van der Waals surface area contributed by atoms with Gasteiger partial charge in [-0.2, -0.15) is 0 Å². The lowest BCUT2D eigenvalue weighted by atomic mass is 10.0. The fraction of sp³-hybridized carbons (Fsp3) is 0.455. The van der Waals surface area contributed by atoms with E-state index in [1.165, 1.54) is 0 Å². The van der Waals surface area contributed by atoms with Gasteiger partial charge in [0.05, 0.1) is 12.7 Å². The van der Waals surface area contributed by atoms with E-state index in [0.29, 0.717) is 18.9 Å². The number of rotatable bonds is 11. The molecule has 2 aromatic rings. The van der Waals surface area contributed by atoms with E-state index in [2.05, 4.69) is 4.72 Å². The van der Waals surface area contributed by atoms with Crippen molar-refractivity contribution in [1.82, 2.24) is 4.72 Å². The quantitative estimate of drug-likeness (QED) is 0.598. The van der Waals surface area contributed by atoms with Crippen LogP contribution in [0.4, 0.5) is 0 Å². The van der Waals surface area contributed by atoms with Gasteiger partial charge in [0.15, 0.2) is 0 Å². The van der Waals surface area contributed by atoms with E-state index in [9.17, 15) is 8.42 Å². The number of nitrogens with one attached hydrogen (secondary N) is 1. The first kappa shape index (κ1) is 22.2. The van der Waals surface area contributed by atoms with Gasteiger partial charge >= 0.3 is 0 Å². The Morgan fingerprint density at radius 3 is 2.25 bits per heavy atom.